The quantitative estimate of drug-likeness (QED) is 0.178. The van der Waals surface area contributed by atoms with Gasteiger partial charge >= 0.3 is 0 Å². The number of fused-ring (bicyclic) bond motifs is 11. The highest BCUT2D eigenvalue weighted by Gasteiger charge is 2.45. The van der Waals surface area contributed by atoms with Crippen LogP contribution in [0.2, 0.25) is 0 Å². The number of rotatable bonds is 3. The fourth-order valence-corrected chi connectivity index (χ4v) is 9.11. The highest BCUT2D eigenvalue weighted by atomic mass is 16.5. The molecule has 0 bridgehead atoms. The molecular formula is C47H39NO2. The van der Waals surface area contributed by atoms with Crippen LogP contribution in [-0.2, 0) is 15.8 Å². The predicted molar refractivity (Wildman–Crippen MR) is 208 cm³/mol. The van der Waals surface area contributed by atoms with Gasteiger partial charge in [0.1, 0.15) is 5.75 Å². The Bertz CT molecular complexity index is 2540. The number of morpholine rings is 1. The summed E-state index contributed by atoms with van der Waals surface area (Å²) < 4.78 is 13.4. The third kappa shape index (κ3) is 4.13. The van der Waals surface area contributed by atoms with Gasteiger partial charge in [-0.05, 0) is 80.4 Å². The van der Waals surface area contributed by atoms with Crippen LogP contribution in [0.25, 0.3) is 49.5 Å². The minimum Gasteiger partial charge on any atom is -0.472 e. The maximum Gasteiger partial charge on any atom is 0.178 e. The van der Waals surface area contributed by atoms with Crippen LogP contribution in [0, 0.1) is 6.92 Å². The monoisotopic (exact) mass is 649 g/mol. The van der Waals surface area contributed by atoms with Crippen LogP contribution in [0.3, 0.4) is 0 Å². The van der Waals surface area contributed by atoms with Crippen molar-refractivity contribution in [3.8, 4) is 16.9 Å². The van der Waals surface area contributed by atoms with E-state index in [1.807, 2.05) is 0 Å². The molecule has 10 rings (SSSR count). The number of benzene rings is 7. The zero-order valence-electron chi connectivity index (χ0n) is 28.8. The molecule has 7 aromatic carbocycles. The van der Waals surface area contributed by atoms with Gasteiger partial charge in [0.25, 0.3) is 0 Å². The lowest BCUT2D eigenvalue weighted by Crippen LogP contribution is -2.37. The second-order valence-corrected chi connectivity index (χ2v) is 14.7. The first-order valence-electron chi connectivity index (χ1n) is 17.9. The molecule has 3 aliphatic rings. The van der Waals surface area contributed by atoms with Gasteiger partial charge in [-0.25, -0.2) is 0 Å². The Balaban J connectivity index is 1.26. The zero-order valence-corrected chi connectivity index (χ0v) is 28.8. The molecule has 0 N–H and O–H groups in total. The minimum atomic E-state index is -0.872. The molecule has 244 valence electrons. The molecule has 3 nitrogen and oxygen atoms in total. The minimum absolute atomic E-state index is 0.187. The highest BCUT2D eigenvalue weighted by Crippen LogP contribution is 2.58. The van der Waals surface area contributed by atoms with Crippen molar-refractivity contribution >= 4 is 44.1 Å². The molecule has 0 spiro atoms. The second-order valence-electron chi connectivity index (χ2n) is 14.7. The van der Waals surface area contributed by atoms with Crippen molar-refractivity contribution in [2.24, 2.45) is 0 Å². The predicted octanol–water partition coefficient (Wildman–Crippen LogP) is 10.9. The standard InChI is InChI=1S/C47H39NO2/c1-30-16-21-39-41(28-30)46(2,3)44-40-22-23-47(50-45(40)38-15-9-8-14-37(38)43(39)44,32-17-19-33(20-18-32)48-24-26-49-27-25-48)42-29-31-10-4-5-11-34(31)35-12-6-7-13-36(35)42/h4-23,28-29H,24-27H2,1-3H3. The Kier molecular flexibility index (Phi) is 6.38. The Hall–Kier alpha value is -5.38. The van der Waals surface area contributed by atoms with E-state index in [9.17, 15) is 0 Å². The fourth-order valence-electron chi connectivity index (χ4n) is 9.11. The van der Waals surface area contributed by atoms with E-state index in [-0.39, 0.29) is 5.41 Å². The van der Waals surface area contributed by atoms with E-state index in [1.54, 1.807) is 0 Å². The zero-order chi connectivity index (χ0) is 33.6. The van der Waals surface area contributed by atoms with Crippen molar-refractivity contribution in [1.29, 1.82) is 0 Å². The van der Waals surface area contributed by atoms with Gasteiger partial charge in [0.15, 0.2) is 5.60 Å². The molecule has 0 radical (unpaired) electrons. The van der Waals surface area contributed by atoms with Crippen molar-refractivity contribution in [2.75, 3.05) is 31.2 Å². The molecule has 1 atom stereocenters. The van der Waals surface area contributed by atoms with Crippen LogP contribution < -0.4 is 9.64 Å². The molecule has 2 aliphatic heterocycles. The maximum absolute atomic E-state index is 7.77. The number of nitrogens with zero attached hydrogens (tertiary/aromatic N) is 1. The SMILES string of the molecule is Cc1ccc2c(c1)C(C)(C)c1c3c(c4ccccc4c1-2)OC(c1ccc(N2CCOCC2)cc1)(c1cc2ccccc2c2ccccc12)C=C3. The molecular weight excluding hydrogens is 611 g/mol. The summed E-state index contributed by atoms with van der Waals surface area (Å²) in [6.45, 7) is 10.3. The summed E-state index contributed by atoms with van der Waals surface area (Å²) >= 11 is 0. The summed E-state index contributed by atoms with van der Waals surface area (Å²) in [7, 11) is 0. The number of ether oxygens (including phenoxy) is 2. The average molecular weight is 650 g/mol. The van der Waals surface area contributed by atoms with Crippen LogP contribution in [0.4, 0.5) is 5.69 Å². The van der Waals surface area contributed by atoms with Crippen LogP contribution in [0.15, 0.2) is 127 Å². The molecule has 0 amide bonds. The molecule has 7 aromatic rings. The Morgan fingerprint density at radius 1 is 0.640 bits per heavy atom. The third-order valence-electron chi connectivity index (χ3n) is 11.5. The molecule has 0 aromatic heterocycles. The summed E-state index contributed by atoms with van der Waals surface area (Å²) in [4.78, 5) is 2.41. The number of anilines is 1. The van der Waals surface area contributed by atoms with Gasteiger partial charge in [0, 0.05) is 46.3 Å². The number of hydrogen-bond acceptors (Lipinski definition) is 3. The van der Waals surface area contributed by atoms with E-state index in [2.05, 4.69) is 159 Å². The molecule has 3 heteroatoms. The van der Waals surface area contributed by atoms with Gasteiger partial charge < -0.3 is 14.4 Å². The lowest BCUT2D eigenvalue weighted by Gasteiger charge is -2.39. The van der Waals surface area contributed by atoms with Gasteiger partial charge in [0.2, 0.25) is 0 Å². The third-order valence-corrected chi connectivity index (χ3v) is 11.5. The smallest absolute Gasteiger partial charge is 0.178 e. The molecule has 50 heavy (non-hydrogen) atoms. The average Bonchev–Trinajstić information content (AvgIpc) is 3.40. The van der Waals surface area contributed by atoms with Crippen molar-refractivity contribution in [1.82, 2.24) is 0 Å². The van der Waals surface area contributed by atoms with Crippen LogP contribution in [-0.4, -0.2) is 26.3 Å². The van der Waals surface area contributed by atoms with Crippen molar-refractivity contribution in [3.05, 3.63) is 161 Å². The summed E-state index contributed by atoms with van der Waals surface area (Å²) in [6, 6.07) is 44.8. The Labute approximate surface area is 293 Å². The molecule has 1 aliphatic carbocycles. The molecule has 0 saturated carbocycles. The summed E-state index contributed by atoms with van der Waals surface area (Å²) in [6.07, 6.45) is 4.72. The van der Waals surface area contributed by atoms with Crippen molar-refractivity contribution < 1.29 is 9.47 Å². The number of aryl methyl sites for hydroxylation is 1. The number of hydrogen-bond donors (Lipinski definition) is 0. The van der Waals surface area contributed by atoms with E-state index in [0.29, 0.717) is 0 Å². The first kappa shape index (κ1) is 29.5. The van der Waals surface area contributed by atoms with Crippen LogP contribution in [0.1, 0.15) is 47.2 Å². The largest absolute Gasteiger partial charge is 0.472 e. The Morgan fingerprint density at radius 2 is 1.32 bits per heavy atom. The van der Waals surface area contributed by atoms with E-state index >= 15 is 0 Å². The lowest BCUT2D eigenvalue weighted by molar-refractivity contribution is 0.122. The van der Waals surface area contributed by atoms with Crippen molar-refractivity contribution in [3.63, 3.8) is 0 Å². The van der Waals surface area contributed by atoms with Crippen molar-refractivity contribution in [2.45, 2.75) is 31.8 Å². The van der Waals surface area contributed by atoms with Gasteiger partial charge in [-0.2, -0.15) is 0 Å². The summed E-state index contributed by atoms with van der Waals surface area (Å²) in [5.74, 6) is 0.953. The topological polar surface area (TPSA) is 21.7 Å². The summed E-state index contributed by atoms with van der Waals surface area (Å²) in [5, 5.41) is 7.28. The maximum atomic E-state index is 7.77. The normalized spacial score (nSPS) is 19.0. The molecule has 2 heterocycles. The van der Waals surface area contributed by atoms with Crippen LogP contribution in [0.5, 0.6) is 5.75 Å². The summed E-state index contributed by atoms with van der Waals surface area (Å²) in [5.41, 5.74) is 10.3. The fraction of sp³-hybridized carbons (Fsp3) is 0.191. The van der Waals surface area contributed by atoms with Crippen LogP contribution >= 0.6 is 0 Å². The van der Waals surface area contributed by atoms with Gasteiger partial charge in [-0.3, -0.25) is 0 Å². The first-order valence-corrected chi connectivity index (χ1v) is 17.9. The van der Waals surface area contributed by atoms with E-state index in [1.165, 1.54) is 66.0 Å². The van der Waals surface area contributed by atoms with Gasteiger partial charge in [-0.1, -0.05) is 129 Å². The lowest BCUT2D eigenvalue weighted by atomic mass is 9.76. The van der Waals surface area contributed by atoms with Gasteiger partial charge in [-0.15, -0.1) is 0 Å². The highest BCUT2D eigenvalue weighted by molar-refractivity contribution is 6.11. The van der Waals surface area contributed by atoms with E-state index < -0.39 is 5.60 Å². The molecule has 1 fully saturated rings. The van der Waals surface area contributed by atoms with E-state index in [0.717, 1.165) is 48.6 Å². The molecule has 1 unspecified atom stereocenters. The van der Waals surface area contributed by atoms with E-state index in [4.69, 9.17) is 9.47 Å². The Morgan fingerprint density at radius 3 is 2.10 bits per heavy atom. The second kappa shape index (κ2) is 10.8. The first-order chi connectivity index (χ1) is 24.4. The molecule has 1 saturated heterocycles. The van der Waals surface area contributed by atoms with Gasteiger partial charge in [0.05, 0.1) is 13.2 Å².